The lowest BCUT2D eigenvalue weighted by molar-refractivity contribution is -0.137. The Kier molecular flexibility index (Phi) is 4.31. The summed E-state index contributed by atoms with van der Waals surface area (Å²) in [5.74, 6) is -0.861. The zero-order chi connectivity index (χ0) is 11.3. The molecule has 1 aromatic carbocycles. The van der Waals surface area contributed by atoms with Crippen molar-refractivity contribution in [3.05, 3.63) is 35.4 Å². The van der Waals surface area contributed by atoms with Crippen LogP contribution in [-0.4, -0.2) is 11.1 Å². The number of nitrogens with two attached hydrogens (primary N) is 1. The molecule has 1 aromatic rings. The number of benzene rings is 1. The first-order valence-electron chi connectivity index (χ1n) is 5.19. The van der Waals surface area contributed by atoms with Crippen LogP contribution in [0.3, 0.4) is 0 Å². The minimum atomic E-state index is -0.861. The SMILES string of the molecule is CCCc1ccc([C@H](N)CC(=O)O)cc1. The molecule has 3 N–H and O–H groups in total. The molecule has 0 saturated heterocycles. The standard InChI is InChI=1S/C12H17NO2/c1-2-3-9-4-6-10(7-5-9)11(13)8-12(14)15/h4-7,11H,2-3,8,13H2,1H3,(H,14,15)/t11-/m1/s1. The fourth-order valence-electron chi connectivity index (χ4n) is 1.53. The van der Waals surface area contributed by atoms with Crippen LogP contribution in [0.1, 0.15) is 36.9 Å². The number of rotatable bonds is 5. The van der Waals surface area contributed by atoms with Gasteiger partial charge >= 0.3 is 5.97 Å². The van der Waals surface area contributed by atoms with Crippen molar-refractivity contribution in [2.75, 3.05) is 0 Å². The summed E-state index contributed by atoms with van der Waals surface area (Å²) in [7, 11) is 0. The molecule has 0 amide bonds. The van der Waals surface area contributed by atoms with Crippen LogP contribution in [0.4, 0.5) is 0 Å². The third kappa shape index (κ3) is 3.72. The van der Waals surface area contributed by atoms with Crippen molar-refractivity contribution in [2.24, 2.45) is 5.73 Å². The smallest absolute Gasteiger partial charge is 0.305 e. The van der Waals surface area contributed by atoms with Gasteiger partial charge in [-0.3, -0.25) is 4.79 Å². The van der Waals surface area contributed by atoms with Crippen LogP contribution < -0.4 is 5.73 Å². The lowest BCUT2D eigenvalue weighted by Crippen LogP contribution is -2.14. The van der Waals surface area contributed by atoms with E-state index in [1.165, 1.54) is 5.56 Å². The highest BCUT2D eigenvalue weighted by atomic mass is 16.4. The van der Waals surface area contributed by atoms with Crippen molar-refractivity contribution in [3.63, 3.8) is 0 Å². The van der Waals surface area contributed by atoms with Gasteiger partial charge in [-0.2, -0.15) is 0 Å². The summed E-state index contributed by atoms with van der Waals surface area (Å²) < 4.78 is 0. The van der Waals surface area contributed by atoms with Crippen molar-refractivity contribution in [3.8, 4) is 0 Å². The molecular weight excluding hydrogens is 190 g/mol. The number of aryl methyl sites for hydroxylation is 1. The van der Waals surface area contributed by atoms with Gasteiger partial charge in [-0.05, 0) is 17.5 Å². The summed E-state index contributed by atoms with van der Waals surface area (Å²) >= 11 is 0. The summed E-state index contributed by atoms with van der Waals surface area (Å²) in [6, 6.07) is 7.45. The van der Waals surface area contributed by atoms with Gasteiger partial charge in [0.15, 0.2) is 0 Å². The Morgan fingerprint density at radius 2 is 2.00 bits per heavy atom. The number of hydrogen-bond acceptors (Lipinski definition) is 2. The van der Waals surface area contributed by atoms with Gasteiger partial charge < -0.3 is 10.8 Å². The number of hydrogen-bond donors (Lipinski definition) is 2. The Morgan fingerprint density at radius 3 is 2.47 bits per heavy atom. The lowest BCUT2D eigenvalue weighted by atomic mass is 10.0. The number of aliphatic carboxylic acids is 1. The first kappa shape index (κ1) is 11.7. The van der Waals surface area contributed by atoms with Crippen molar-refractivity contribution in [2.45, 2.75) is 32.2 Å². The predicted molar refractivity (Wildman–Crippen MR) is 59.6 cm³/mol. The number of carbonyl (C=O) groups is 1. The normalized spacial score (nSPS) is 12.4. The fourth-order valence-corrected chi connectivity index (χ4v) is 1.53. The highest BCUT2D eigenvalue weighted by Gasteiger charge is 2.09. The van der Waals surface area contributed by atoms with Crippen LogP contribution in [0.5, 0.6) is 0 Å². The van der Waals surface area contributed by atoms with Crippen LogP contribution in [-0.2, 0) is 11.2 Å². The molecule has 82 valence electrons. The maximum atomic E-state index is 10.5. The molecule has 0 unspecified atom stereocenters. The maximum Gasteiger partial charge on any atom is 0.305 e. The summed E-state index contributed by atoms with van der Waals surface area (Å²) in [6.07, 6.45) is 2.14. The first-order chi connectivity index (χ1) is 7.13. The lowest BCUT2D eigenvalue weighted by Gasteiger charge is -2.09. The molecule has 3 nitrogen and oxygen atoms in total. The van der Waals surface area contributed by atoms with Crippen LogP contribution in [0.15, 0.2) is 24.3 Å². The van der Waals surface area contributed by atoms with E-state index in [-0.39, 0.29) is 6.42 Å². The van der Waals surface area contributed by atoms with Crippen LogP contribution >= 0.6 is 0 Å². The maximum absolute atomic E-state index is 10.5. The van der Waals surface area contributed by atoms with Crippen molar-refractivity contribution in [1.82, 2.24) is 0 Å². The average Bonchev–Trinajstić information content (AvgIpc) is 2.18. The van der Waals surface area contributed by atoms with E-state index >= 15 is 0 Å². The predicted octanol–water partition coefficient (Wildman–Crippen LogP) is 2.11. The highest BCUT2D eigenvalue weighted by molar-refractivity contribution is 5.67. The molecule has 0 radical (unpaired) electrons. The van der Waals surface area contributed by atoms with Crippen molar-refractivity contribution in [1.29, 1.82) is 0 Å². The summed E-state index contributed by atoms with van der Waals surface area (Å²) in [6.45, 7) is 2.13. The quantitative estimate of drug-likeness (QED) is 0.777. The second-order valence-electron chi connectivity index (χ2n) is 3.70. The molecule has 1 atom stereocenters. The minimum Gasteiger partial charge on any atom is -0.481 e. The molecule has 0 spiro atoms. The van der Waals surface area contributed by atoms with Crippen LogP contribution in [0.25, 0.3) is 0 Å². The average molecular weight is 207 g/mol. The number of carboxylic acid groups (broad SMARTS) is 1. The van der Waals surface area contributed by atoms with Gasteiger partial charge in [0, 0.05) is 6.04 Å². The van der Waals surface area contributed by atoms with E-state index in [4.69, 9.17) is 10.8 Å². The fraction of sp³-hybridized carbons (Fsp3) is 0.417. The molecule has 1 rings (SSSR count). The van der Waals surface area contributed by atoms with Gasteiger partial charge in [-0.1, -0.05) is 37.6 Å². The first-order valence-corrected chi connectivity index (χ1v) is 5.19. The molecule has 3 heteroatoms. The van der Waals surface area contributed by atoms with Crippen LogP contribution in [0.2, 0.25) is 0 Å². The van der Waals surface area contributed by atoms with E-state index in [0.717, 1.165) is 18.4 Å². The van der Waals surface area contributed by atoms with E-state index in [2.05, 4.69) is 6.92 Å². The Balaban J connectivity index is 2.66. The van der Waals surface area contributed by atoms with Crippen LogP contribution in [0, 0.1) is 0 Å². The van der Waals surface area contributed by atoms with Crippen molar-refractivity contribution >= 4 is 5.97 Å². The molecule has 15 heavy (non-hydrogen) atoms. The van der Waals surface area contributed by atoms with Gasteiger partial charge in [0.2, 0.25) is 0 Å². The Bertz CT molecular complexity index is 319. The van der Waals surface area contributed by atoms with E-state index in [9.17, 15) is 4.79 Å². The van der Waals surface area contributed by atoms with Gasteiger partial charge in [0.1, 0.15) is 0 Å². The zero-order valence-electron chi connectivity index (χ0n) is 8.94. The van der Waals surface area contributed by atoms with Gasteiger partial charge in [0.05, 0.1) is 6.42 Å². The summed E-state index contributed by atoms with van der Waals surface area (Å²) in [5, 5.41) is 8.60. The Hall–Kier alpha value is -1.35. The number of carboxylic acids is 1. The van der Waals surface area contributed by atoms with E-state index in [1.54, 1.807) is 0 Å². The molecule has 0 heterocycles. The molecule has 0 aliphatic heterocycles. The molecular formula is C12H17NO2. The topological polar surface area (TPSA) is 63.3 Å². The van der Waals surface area contributed by atoms with Gasteiger partial charge in [-0.15, -0.1) is 0 Å². The molecule has 0 aromatic heterocycles. The zero-order valence-corrected chi connectivity index (χ0v) is 8.94. The van der Waals surface area contributed by atoms with Crippen molar-refractivity contribution < 1.29 is 9.90 Å². The molecule has 0 bridgehead atoms. The van der Waals surface area contributed by atoms with E-state index in [0.29, 0.717) is 0 Å². The molecule has 0 saturated carbocycles. The largest absolute Gasteiger partial charge is 0.481 e. The highest BCUT2D eigenvalue weighted by Crippen LogP contribution is 2.15. The molecule has 0 aliphatic carbocycles. The summed E-state index contributed by atoms with van der Waals surface area (Å²) in [4.78, 5) is 10.5. The third-order valence-electron chi connectivity index (χ3n) is 2.34. The Morgan fingerprint density at radius 1 is 1.40 bits per heavy atom. The van der Waals surface area contributed by atoms with Gasteiger partial charge in [0.25, 0.3) is 0 Å². The van der Waals surface area contributed by atoms with Gasteiger partial charge in [-0.25, -0.2) is 0 Å². The summed E-state index contributed by atoms with van der Waals surface area (Å²) in [5.41, 5.74) is 7.89. The van der Waals surface area contributed by atoms with E-state index in [1.807, 2.05) is 24.3 Å². The second-order valence-corrected chi connectivity index (χ2v) is 3.70. The monoisotopic (exact) mass is 207 g/mol. The second kappa shape index (κ2) is 5.51. The molecule has 0 aliphatic rings. The third-order valence-corrected chi connectivity index (χ3v) is 2.34. The minimum absolute atomic E-state index is 0.0207. The molecule has 0 fully saturated rings. The Labute approximate surface area is 89.9 Å². The van der Waals surface area contributed by atoms with E-state index < -0.39 is 12.0 Å².